The number of urea groups is 1. The molecule has 1 aromatic carbocycles. The summed E-state index contributed by atoms with van der Waals surface area (Å²) in [4.78, 5) is 11.6. The van der Waals surface area contributed by atoms with Crippen molar-refractivity contribution in [1.29, 1.82) is 0 Å². The molecule has 4 N–H and O–H groups in total. The highest BCUT2D eigenvalue weighted by Gasteiger charge is 2.31. The molecular weight excluding hydrogens is 202 g/mol. The third kappa shape index (κ3) is 2.97. The molecule has 1 unspecified atom stereocenters. The minimum atomic E-state index is -0.173. The minimum Gasteiger partial charge on any atom is -0.334 e. The average Bonchev–Trinajstić information content (AvgIpc) is 3.11. The van der Waals surface area contributed by atoms with Crippen molar-refractivity contribution < 1.29 is 4.79 Å². The van der Waals surface area contributed by atoms with Crippen LogP contribution in [0.2, 0.25) is 0 Å². The second kappa shape index (κ2) is 4.99. The number of hydrogen-bond donors (Lipinski definition) is 3. The first-order valence-electron chi connectivity index (χ1n) is 5.62. The number of hydrogen-bond acceptors (Lipinski definition) is 2. The van der Waals surface area contributed by atoms with Crippen LogP contribution in [0.15, 0.2) is 30.3 Å². The first-order valence-corrected chi connectivity index (χ1v) is 5.62. The van der Waals surface area contributed by atoms with Gasteiger partial charge in [-0.25, -0.2) is 4.79 Å². The number of carbonyl (C=O) groups excluding carboxylic acids is 1. The number of nitrogens with one attached hydrogen (secondary N) is 2. The molecule has 0 radical (unpaired) electrons. The smallest absolute Gasteiger partial charge is 0.319 e. The Kier molecular flexibility index (Phi) is 3.41. The summed E-state index contributed by atoms with van der Waals surface area (Å²) in [5, 5.41) is 5.69. The summed E-state index contributed by atoms with van der Waals surface area (Å²) >= 11 is 0. The quantitative estimate of drug-likeness (QED) is 0.719. The lowest BCUT2D eigenvalue weighted by atomic mass is 10.2. The number of rotatable bonds is 4. The Morgan fingerprint density at radius 2 is 2.06 bits per heavy atom. The van der Waals surface area contributed by atoms with Gasteiger partial charge in [0.05, 0.1) is 0 Å². The SMILES string of the molecule is NCC(NC(=O)Nc1ccccc1)C1CC1. The van der Waals surface area contributed by atoms with E-state index in [0.29, 0.717) is 12.5 Å². The van der Waals surface area contributed by atoms with Crippen molar-refractivity contribution in [2.24, 2.45) is 11.7 Å². The molecule has 1 aromatic rings. The zero-order valence-electron chi connectivity index (χ0n) is 9.15. The lowest BCUT2D eigenvalue weighted by Gasteiger charge is -2.16. The summed E-state index contributed by atoms with van der Waals surface area (Å²) in [7, 11) is 0. The second-order valence-corrected chi connectivity index (χ2v) is 4.14. The Bertz CT molecular complexity index is 349. The van der Waals surface area contributed by atoms with Gasteiger partial charge in [0, 0.05) is 18.3 Å². The topological polar surface area (TPSA) is 67.1 Å². The first-order chi connectivity index (χ1) is 7.79. The van der Waals surface area contributed by atoms with Crippen LogP contribution in [0.25, 0.3) is 0 Å². The van der Waals surface area contributed by atoms with Crippen molar-refractivity contribution in [3.8, 4) is 0 Å². The Morgan fingerprint density at radius 1 is 1.38 bits per heavy atom. The molecule has 0 aliphatic heterocycles. The number of nitrogens with two attached hydrogens (primary N) is 1. The number of anilines is 1. The number of amides is 2. The minimum absolute atomic E-state index is 0.115. The summed E-state index contributed by atoms with van der Waals surface area (Å²) in [6.07, 6.45) is 2.35. The van der Waals surface area contributed by atoms with Gasteiger partial charge in [-0.3, -0.25) is 0 Å². The van der Waals surface area contributed by atoms with E-state index in [1.807, 2.05) is 30.3 Å². The normalized spacial score (nSPS) is 16.6. The number of carbonyl (C=O) groups is 1. The molecule has 1 saturated carbocycles. The van der Waals surface area contributed by atoms with Crippen LogP contribution in [-0.2, 0) is 0 Å². The van der Waals surface area contributed by atoms with Gasteiger partial charge in [0.2, 0.25) is 0 Å². The van der Waals surface area contributed by atoms with E-state index in [-0.39, 0.29) is 12.1 Å². The van der Waals surface area contributed by atoms with Gasteiger partial charge in [0.25, 0.3) is 0 Å². The summed E-state index contributed by atoms with van der Waals surface area (Å²) in [5.74, 6) is 0.575. The molecular formula is C12H17N3O. The van der Waals surface area contributed by atoms with Crippen LogP contribution in [0.1, 0.15) is 12.8 Å². The number of benzene rings is 1. The number of para-hydroxylation sites is 1. The molecule has 4 nitrogen and oxygen atoms in total. The van der Waals surface area contributed by atoms with Gasteiger partial charge in [-0.05, 0) is 30.9 Å². The Labute approximate surface area is 95.2 Å². The highest BCUT2D eigenvalue weighted by Crippen LogP contribution is 2.32. The fraction of sp³-hybridized carbons (Fsp3) is 0.417. The van der Waals surface area contributed by atoms with Crippen LogP contribution in [0.5, 0.6) is 0 Å². The van der Waals surface area contributed by atoms with Crippen molar-refractivity contribution in [2.75, 3.05) is 11.9 Å². The molecule has 2 amide bonds. The van der Waals surface area contributed by atoms with Gasteiger partial charge in [-0.15, -0.1) is 0 Å². The molecule has 1 fully saturated rings. The van der Waals surface area contributed by atoms with E-state index in [9.17, 15) is 4.79 Å². The summed E-state index contributed by atoms with van der Waals surface area (Å²) in [6.45, 7) is 0.507. The van der Waals surface area contributed by atoms with Crippen molar-refractivity contribution >= 4 is 11.7 Å². The van der Waals surface area contributed by atoms with Crippen LogP contribution < -0.4 is 16.4 Å². The molecule has 4 heteroatoms. The Hall–Kier alpha value is -1.55. The van der Waals surface area contributed by atoms with Gasteiger partial charge in [0.15, 0.2) is 0 Å². The second-order valence-electron chi connectivity index (χ2n) is 4.14. The standard InChI is InChI=1S/C12H17N3O/c13-8-11(9-6-7-9)15-12(16)14-10-4-2-1-3-5-10/h1-5,9,11H,6-8,13H2,(H2,14,15,16). The monoisotopic (exact) mass is 219 g/mol. The Morgan fingerprint density at radius 3 is 2.62 bits per heavy atom. The lowest BCUT2D eigenvalue weighted by Crippen LogP contribution is -2.43. The van der Waals surface area contributed by atoms with E-state index in [0.717, 1.165) is 5.69 Å². The van der Waals surface area contributed by atoms with Crippen LogP contribution in [0.3, 0.4) is 0 Å². The van der Waals surface area contributed by atoms with E-state index < -0.39 is 0 Å². The third-order valence-corrected chi connectivity index (χ3v) is 2.79. The van der Waals surface area contributed by atoms with Gasteiger partial charge < -0.3 is 16.4 Å². The van der Waals surface area contributed by atoms with Gasteiger partial charge in [0.1, 0.15) is 0 Å². The van der Waals surface area contributed by atoms with Gasteiger partial charge in [-0.2, -0.15) is 0 Å². The van der Waals surface area contributed by atoms with Gasteiger partial charge >= 0.3 is 6.03 Å². The maximum Gasteiger partial charge on any atom is 0.319 e. The highest BCUT2D eigenvalue weighted by atomic mass is 16.2. The molecule has 2 rings (SSSR count). The molecule has 0 heterocycles. The molecule has 0 spiro atoms. The van der Waals surface area contributed by atoms with E-state index in [4.69, 9.17) is 5.73 Å². The van der Waals surface area contributed by atoms with Crippen molar-refractivity contribution in [1.82, 2.24) is 5.32 Å². The molecule has 1 atom stereocenters. The fourth-order valence-electron chi connectivity index (χ4n) is 1.72. The van der Waals surface area contributed by atoms with Crippen LogP contribution in [-0.4, -0.2) is 18.6 Å². The van der Waals surface area contributed by atoms with E-state index >= 15 is 0 Å². The Balaban J connectivity index is 1.83. The van der Waals surface area contributed by atoms with Crippen LogP contribution in [0, 0.1) is 5.92 Å². The lowest BCUT2D eigenvalue weighted by molar-refractivity contribution is 0.247. The molecule has 1 aliphatic rings. The molecule has 16 heavy (non-hydrogen) atoms. The van der Waals surface area contributed by atoms with Gasteiger partial charge in [-0.1, -0.05) is 18.2 Å². The zero-order chi connectivity index (χ0) is 11.4. The highest BCUT2D eigenvalue weighted by molar-refractivity contribution is 5.89. The van der Waals surface area contributed by atoms with E-state index in [1.165, 1.54) is 12.8 Å². The largest absolute Gasteiger partial charge is 0.334 e. The maximum atomic E-state index is 11.6. The predicted molar refractivity (Wildman–Crippen MR) is 64.2 cm³/mol. The fourth-order valence-corrected chi connectivity index (χ4v) is 1.72. The summed E-state index contributed by atoms with van der Waals surface area (Å²) in [5.41, 5.74) is 6.41. The molecule has 0 aromatic heterocycles. The zero-order valence-corrected chi connectivity index (χ0v) is 9.15. The summed E-state index contributed by atoms with van der Waals surface area (Å²) in [6, 6.07) is 9.34. The molecule has 0 bridgehead atoms. The molecule has 86 valence electrons. The van der Waals surface area contributed by atoms with Crippen molar-refractivity contribution in [3.63, 3.8) is 0 Å². The predicted octanol–water partition coefficient (Wildman–Crippen LogP) is 1.55. The van der Waals surface area contributed by atoms with E-state index in [2.05, 4.69) is 10.6 Å². The molecule has 0 saturated heterocycles. The third-order valence-electron chi connectivity index (χ3n) is 2.79. The summed E-state index contributed by atoms with van der Waals surface area (Å²) < 4.78 is 0. The van der Waals surface area contributed by atoms with Crippen LogP contribution in [0.4, 0.5) is 10.5 Å². The average molecular weight is 219 g/mol. The van der Waals surface area contributed by atoms with Crippen LogP contribution >= 0.6 is 0 Å². The molecule has 1 aliphatic carbocycles. The van der Waals surface area contributed by atoms with E-state index in [1.54, 1.807) is 0 Å². The first kappa shape index (κ1) is 11.0. The maximum absolute atomic E-state index is 11.6. The van der Waals surface area contributed by atoms with Crippen molar-refractivity contribution in [3.05, 3.63) is 30.3 Å². The van der Waals surface area contributed by atoms with Crippen molar-refractivity contribution in [2.45, 2.75) is 18.9 Å².